The molecule has 1 aromatic carbocycles. The van der Waals surface area contributed by atoms with Crippen molar-refractivity contribution in [3.05, 3.63) is 36.7 Å². The SMILES string of the molecule is COc1ccc(OC(=O)NCC2CCCCC2)cc1-c1cncc(-c2nnn(COCC[Si](C)(C)C)n2)c1. The van der Waals surface area contributed by atoms with Crippen LogP contribution in [0.3, 0.4) is 0 Å². The van der Waals surface area contributed by atoms with Crippen LogP contribution in [0.2, 0.25) is 25.7 Å². The summed E-state index contributed by atoms with van der Waals surface area (Å²) in [5.41, 5.74) is 2.21. The smallest absolute Gasteiger partial charge is 0.412 e. The Morgan fingerprint density at radius 1 is 1.11 bits per heavy atom. The van der Waals surface area contributed by atoms with Crippen LogP contribution in [0.15, 0.2) is 36.7 Å². The molecule has 11 heteroatoms. The van der Waals surface area contributed by atoms with E-state index in [2.05, 4.69) is 45.4 Å². The Kier molecular flexibility index (Phi) is 9.46. The van der Waals surface area contributed by atoms with E-state index < -0.39 is 14.2 Å². The van der Waals surface area contributed by atoms with Gasteiger partial charge >= 0.3 is 6.09 Å². The Hall–Kier alpha value is -3.31. The number of carbonyl (C=O) groups excluding carboxylic acids is 1. The van der Waals surface area contributed by atoms with Crippen LogP contribution in [0, 0.1) is 5.92 Å². The molecule has 204 valence electrons. The van der Waals surface area contributed by atoms with Crippen molar-refractivity contribution in [2.75, 3.05) is 20.3 Å². The Labute approximate surface area is 225 Å². The number of tetrazole rings is 1. The van der Waals surface area contributed by atoms with Gasteiger partial charge in [0, 0.05) is 50.3 Å². The zero-order chi connectivity index (χ0) is 27.0. The first kappa shape index (κ1) is 27.7. The minimum Gasteiger partial charge on any atom is -0.496 e. The lowest BCUT2D eigenvalue weighted by Gasteiger charge is -2.21. The van der Waals surface area contributed by atoms with E-state index in [0.29, 0.717) is 42.0 Å². The van der Waals surface area contributed by atoms with E-state index in [1.165, 1.54) is 24.1 Å². The summed E-state index contributed by atoms with van der Waals surface area (Å²) in [4.78, 5) is 18.2. The normalized spacial score (nSPS) is 14.3. The van der Waals surface area contributed by atoms with Gasteiger partial charge in [0.25, 0.3) is 0 Å². The molecule has 10 nitrogen and oxygen atoms in total. The highest BCUT2D eigenvalue weighted by molar-refractivity contribution is 6.76. The lowest BCUT2D eigenvalue weighted by molar-refractivity contribution is 0.0674. The van der Waals surface area contributed by atoms with E-state index >= 15 is 0 Å². The quantitative estimate of drug-likeness (QED) is 0.255. The number of pyridine rings is 1. The molecule has 0 spiro atoms. The van der Waals surface area contributed by atoms with Crippen molar-refractivity contribution in [1.29, 1.82) is 0 Å². The molecule has 2 aromatic heterocycles. The molecular formula is C27H38N6O4Si. The fourth-order valence-electron chi connectivity index (χ4n) is 4.39. The average Bonchev–Trinajstić information content (AvgIpc) is 3.39. The monoisotopic (exact) mass is 538 g/mol. The number of hydrogen-bond acceptors (Lipinski definition) is 8. The highest BCUT2D eigenvalue weighted by atomic mass is 28.3. The Bertz CT molecular complexity index is 1210. The van der Waals surface area contributed by atoms with Crippen LogP contribution in [0.4, 0.5) is 4.79 Å². The van der Waals surface area contributed by atoms with Crippen LogP contribution in [0.1, 0.15) is 32.1 Å². The molecule has 0 radical (unpaired) electrons. The molecule has 0 aliphatic heterocycles. The van der Waals surface area contributed by atoms with Gasteiger partial charge in [0.2, 0.25) is 5.82 Å². The Morgan fingerprint density at radius 3 is 2.66 bits per heavy atom. The molecule has 4 rings (SSSR count). The number of ether oxygens (including phenoxy) is 3. The third-order valence-corrected chi connectivity index (χ3v) is 8.31. The van der Waals surface area contributed by atoms with Crippen molar-refractivity contribution < 1.29 is 19.0 Å². The molecule has 38 heavy (non-hydrogen) atoms. The van der Waals surface area contributed by atoms with Crippen LogP contribution in [-0.2, 0) is 11.5 Å². The van der Waals surface area contributed by atoms with Gasteiger partial charge in [0.15, 0.2) is 6.73 Å². The molecule has 3 aromatic rings. The first-order valence-electron chi connectivity index (χ1n) is 13.3. The summed E-state index contributed by atoms with van der Waals surface area (Å²) < 4.78 is 16.9. The zero-order valence-electron chi connectivity index (χ0n) is 22.8. The van der Waals surface area contributed by atoms with Crippen molar-refractivity contribution >= 4 is 14.2 Å². The minimum atomic E-state index is -1.15. The molecule has 1 aliphatic carbocycles. The average molecular weight is 539 g/mol. The molecular weight excluding hydrogens is 500 g/mol. The fourth-order valence-corrected chi connectivity index (χ4v) is 5.14. The van der Waals surface area contributed by atoms with Crippen molar-refractivity contribution in [1.82, 2.24) is 30.5 Å². The molecule has 0 saturated heterocycles. The van der Waals surface area contributed by atoms with Crippen molar-refractivity contribution in [3.8, 4) is 34.0 Å². The van der Waals surface area contributed by atoms with Crippen LogP contribution >= 0.6 is 0 Å². The number of amides is 1. The number of aromatic nitrogens is 5. The van der Waals surface area contributed by atoms with Crippen LogP contribution < -0.4 is 14.8 Å². The molecule has 1 N–H and O–H groups in total. The van der Waals surface area contributed by atoms with Gasteiger partial charge in [-0.3, -0.25) is 4.98 Å². The van der Waals surface area contributed by atoms with E-state index in [9.17, 15) is 4.79 Å². The second kappa shape index (κ2) is 13.0. The molecule has 1 amide bonds. The summed E-state index contributed by atoms with van der Waals surface area (Å²) in [5, 5.41) is 15.6. The second-order valence-corrected chi connectivity index (χ2v) is 16.6. The maximum absolute atomic E-state index is 12.4. The summed E-state index contributed by atoms with van der Waals surface area (Å²) >= 11 is 0. The highest BCUT2D eigenvalue weighted by Gasteiger charge is 2.17. The van der Waals surface area contributed by atoms with Gasteiger partial charge in [-0.2, -0.15) is 0 Å². The van der Waals surface area contributed by atoms with Gasteiger partial charge in [0.1, 0.15) is 11.5 Å². The standard InChI is InChI=1S/C27H38N6O4Si/c1-35-25-11-10-23(37-27(34)29-16-20-8-6-5-7-9-20)15-24(25)21-14-22(18-28-17-21)26-30-32-33(31-26)19-36-12-13-38(2,3)4/h10-11,14-15,17-18,20H,5-9,12-13,16,19H2,1-4H3,(H,29,34). The fraction of sp³-hybridized carbons (Fsp3) is 0.519. The van der Waals surface area contributed by atoms with Gasteiger partial charge in [-0.05, 0) is 54.3 Å². The lowest BCUT2D eigenvalue weighted by atomic mass is 9.89. The first-order chi connectivity index (χ1) is 18.3. The van der Waals surface area contributed by atoms with E-state index in [4.69, 9.17) is 14.2 Å². The summed E-state index contributed by atoms with van der Waals surface area (Å²) in [7, 11) is 0.445. The van der Waals surface area contributed by atoms with Crippen molar-refractivity contribution in [2.24, 2.45) is 5.92 Å². The number of rotatable bonds is 11. The van der Waals surface area contributed by atoms with Crippen molar-refractivity contribution in [2.45, 2.75) is 64.5 Å². The maximum Gasteiger partial charge on any atom is 0.412 e. The first-order valence-corrected chi connectivity index (χ1v) is 17.0. The van der Waals surface area contributed by atoms with Gasteiger partial charge in [-0.25, -0.2) is 4.79 Å². The lowest BCUT2D eigenvalue weighted by Crippen LogP contribution is -2.32. The van der Waals surface area contributed by atoms with E-state index in [-0.39, 0.29) is 6.73 Å². The molecule has 0 bridgehead atoms. The second-order valence-electron chi connectivity index (χ2n) is 10.9. The topological polar surface area (TPSA) is 113 Å². The molecule has 1 saturated carbocycles. The maximum atomic E-state index is 12.4. The predicted octanol–water partition coefficient (Wildman–Crippen LogP) is 5.39. The van der Waals surface area contributed by atoms with Crippen molar-refractivity contribution in [3.63, 3.8) is 0 Å². The molecule has 1 fully saturated rings. The largest absolute Gasteiger partial charge is 0.496 e. The number of nitrogens with one attached hydrogen (secondary N) is 1. The van der Waals surface area contributed by atoms with Gasteiger partial charge in [0.05, 0.1) is 7.11 Å². The number of methoxy groups -OCH3 is 1. The Morgan fingerprint density at radius 2 is 1.89 bits per heavy atom. The minimum absolute atomic E-state index is 0.251. The van der Waals surface area contributed by atoms with E-state index in [1.54, 1.807) is 37.7 Å². The van der Waals surface area contributed by atoms with E-state index in [1.807, 2.05) is 6.07 Å². The molecule has 0 unspecified atom stereocenters. The summed E-state index contributed by atoms with van der Waals surface area (Å²) in [6.45, 7) is 8.51. The zero-order valence-corrected chi connectivity index (χ0v) is 23.8. The summed E-state index contributed by atoms with van der Waals surface area (Å²) in [6, 6.07) is 8.25. The summed E-state index contributed by atoms with van der Waals surface area (Å²) in [6.07, 6.45) is 9.01. The number of hydrogen-bond donors (Lipinski definition) is 1. The van der Waals surface area contributed by atoms with Gasteiger partial charge in [-0.15, -0.1) is 15.0 Å². The molecule has 0 atom stereocenters. The number of carbonyl (C=O) groups is 1. The van der Waals surface area contributed by atoms with Gasteiger partial charge in [-0.1, -0.05) is 38.9 Å². The highest BCUT2D eigenvalue weighted by Crippen LogP contribution is 2.34. The Balaban J connectivity index is 1.42. The van der Waals surface area contributed by atoms with Crippen LogP contribution in [-0.4, -0.2) is 59.6 Å². The van der Waals surface area contributed by atoms with Gasteiger partial charge < -0.3 is 19.5 Å². The van der Waals surface area contributed by atoms with E-state index in [0.717, 1.165) is 30.0 Å². The number of benzene rings is 1. The predicted molar refractivity (Wildman–Crippen MR) is 148 cm³/mol. The third-order valence-electron chi connectivity index (χ3n) is 6.60. The molecule has 1 aliphatic rings. The molecule has 2 heterocycles. The van der Waals surface area contributed by atoms with Crippen LogP contribution in [0.5, 0.6) is 11.5 Å². The van der Waals surface area contributed by atoms with Crippen LogP contribution in [0.25, 0.3) is 22.5 Å². The third kappa shape index (κ3) is 8.09. The number of nitrogens with zero attached hydrogens (tertiary/aromatic N) is 5. The summed E-state index contributed by atoms with van der Waals surface area (Å²) in [5.74, 6) is 2.03.